The number of carbonyl (C=O) groups is 1. The summed E-state index contributed by atoms with van der Waals surface area (Å²) in [5, 5.41) is 121. The molecule has 12 N–H and O–H groups in total. The zero-order valence-electron chi connectivity index (χ0n) is 42.7. The van der Waals surface area contributed by atoms with Crippen LogP contribution in [0.5, 0.6) is 0 Å². The number of aliphatic hydroxyl groups excluding tert-OH is 10. The molecular weight excluding hydrogens is 1000 g/mol. The van der Waals surface area contributed by atoms with E-state index < -0.39 is 175 Å². The van der Waals surface area contributed by atoms with Crippen molar-refractivity contribution >= 4 is 16.2 Å². The number of rotatable bonds is 16. The van der Waals surface area contributed by atoms with Crippen molar-refractivity contribution in [3.8, 4) is 0 Å². The number of aliphatic hydroxyl groups is 11. The summed E-state index contributed by atoms with van der Waals surface area (Å²) in [6, 6.07) is 0. The van der Waals surface area contributed by atoms with E-state index in [0.29, 0.717) is 32.1 Å². The number of carbonyl (C=O) groups excluding carboxylic acids is 1. The van der Waals surface area contributed by atoms with Crippen LogP contribution in [0.1, 0.15) is 99.3 Å². The summed E-state index contributed by atoms with van der Waals surface area (Å²) in [5.74, 6) is -0.783. The minimum Gasteiger partial charge on any atom is -0.394 e. The fourth-order valence-corrected chi connectivity index (χ4v) is 14.6. The summed E-state index contributed by atoms with van der Waals surface area (Å²) in [6.07, 6.45) is -26.3. The van der Waals surface area contributed by atoms with Gasteiger partial charge < -0.3 is 94.1 Å². The van der Waals surface area contributed by atoms with Crippen LogP contribution in [0.25, 0.3) is 0 Å². The van der Waals surface area contributed by atoms with Gasteiger partial charge in [0.2, 0.25) is 0 Å². The molecule has 4 aliphatic heterocycles. The number of Topliss-reactive ketones (excluding diaryl/α,β-unsaturated/α-hetero) is 1. The minimum atomic E-state index is -4.87. The van der Waals surface area contributed by atoms with Crippen molar-refractivity contribution in [1.29, 1.82) is 0 Å². The number of fused-ring (bicyclic) bond motifs is 5. The number of hydrogen-bond acceptors (Lipinski definition) is 23. The standard InChI is InChI=1S/C49H80O24S/c1-20(2)13-22(51)16-49(6,61)32-8-7-25-24-15-29(27-14-23(73-74(62,63)64)9-11-47(27,4)26(24)10-12-48(25,32)5)68-45-40(60)41(35(55)30(17-50)69-45)71-46-42(72-44-39(59)37(57)33(53)21(3)67-44)36(56)31(19-66-46)70-43-38(58)34(54)28(52)18-65-43/h10,20-21,23-25,27-46,50,52-61H,7-9,11-19H2,1-6H3,(H,62,63,64)/t21-,23+,24?,25?,27?,28-,29+,30-,31-,32+,33-,34+,35-,36+,37+,38-,39-,40-,41+,42-,43+,44+,45-,46+,47-,48+,49+/m1/s1. The van der Waals surface area contributed by atoms with Gasteiger partial charge in [0.1, 0.15) is 85.1 Å². The minimum absolute atomic E-state index is 0.00150. The molecule has 0 spiro atoms. The fraction of sp³-hybridized carbons (Fsp3) is 0.939. The van der Waals surface area contributed by atoms with Gasteiger partial charge in [0, 0.05) is 12.8 Å². The second-order valence-corrected chi connectivity index (χ2v) is 24.5. The maximum atomic E-state index is 13.1. The van der Waals surface area contributed by atoms with Crippen LogP contribution in [0.4, 0.5) is 0 Å². The Morgan fingerprint density at radius 2 is 1.41 bits per heavy atom. The number of ketones is 1. The molecule has 0 aromatic rings. The van der Waals surface area contributed by atoms with Gasteiger partial charge in [-0.15, -0.1) is 0 Å². The van der Waals surface area contributed by atoms with Crippen molar-refractivity contribution in [2.45, 2.75) is 228 Å². The van der Waals surface area contributed by atoms with Gasteiger partial charge in [0.25, 0.3) is 0 Å². The quantitative estimate of drug-likeness (QED) is 0.0592. The summed E-state index contributed by atoms with van der Waals surface area (Å²) in [6.45, 7) is 9.44. The van der Waals surface area contributed by atoms with E-state index in [0.717, 1.165) is 12.0 Å². The number of hydrogen-bond donors (Lipinski definition) is 12. The third kappa shape index (κ3) is 11.6. The smallest absolute Gasteiger partial charge is 0.394 e. The lowest BCUT2D eigenvalue weighted by Crippen LogP contribution is -2.66. The molecule has 426 valence electrons. The summed E-state index contributed by atoms with van der Waals surface area (Å²) in [7, 11) is -4.87. The highest BCUT2D eigenvalue weighted by Crippen LogP contribution is 2.67. The predicted octanol–water partition coefficient (Wildman–Crippen LogP) is -1.92. The van der Waals surface area contributed by atoms with E-state index in [-0.39, 0.29) is 48.7 Å². The average molecular weight is 1090 g/mol. The molecule has 4 aliphatic carbocycles. The summed E-state index contributed by atoms with van der Waals surface area (Å²) in [5.41, 5.74) is -1.24. The molecular formula is C49H80O24S. The van der Waals surface area contributed by atoms with E-state index in [1.807, 2.05) is 13.8 Å². The Kier molecular flexibility index (Phi) is 17.9. The van der Waals surface area contributed by atoms with E-state index in [1.54, 1.807) is 6.92 Å². The average Bonchev–Trinajstić information content (AvgIpc) is 3.69. The third-order valence-corrected chi connectivity index (χ3v) is 18.4. The Morgan fingerprint density at radius 1 is 0.757 bits per heavy atom. The molecule has 8 rings (SSSR count). The van der Waals surface area contributed by atoms with Gasteiger partial charge >= 0.3 is 10.4 Å². The molecule has 74 heavy (non-hydrogen) atoms. The van der Waals surface area contributed by atoms with Crippen LogP contribution < -0.4 is 0 Å². The van der Waals surface area contributed by atoms with E-state index in [2.05, 4.69) is 19.9 Å². The lowest BCUT2D eigenvalue weighted by atomic mass is 9.47. The Labute approximate surface area is 430 Å². The SMILES string of the molecule is CC(C)CC(=O)C[C@](C)(O)[C@H]1CCC2C3C[C@H](O[C@@H]4O[C@H](CO)[C@@H](O)[C@H](O[C@@H]5OC[C@@H](O[C@@H]6OC[C@@H](O)[C@H](O)[C@H]6O)[C@H](O)[C@H]5O[C@@H]5O[C@H](C)[C@@H](O)[C@H](O)[C@H]5O)[C@H]4O)C4C[C@@H](OS(=O)(=O)O)CC[C@]4(C)C3=CC[C@@]21C. The molecule has 0 bridgehead atoms. The van der Waals surface area contributed by atoms with Crippen molar-refractivity contribution in [3.63, 3.8) is 0 Å². The van der Waals surface area contributed by atoms with Gasteiger partial charge in [-0.1, -0.05) is 39.3 Å². The Bertz CT molecular complexity index is 2080. The van der Waals surface area contributed by atoms with Crippen molar-refractivity contribution in [2.75, 3.05) is 19.8 Å². The molecule has 3 saturated carbocycles. The normalized spacial score (nSPS) is 49.8. The summed E-state index contributed by atoms with van der Waals surface area (Å²) < 4.78 is 87.1. The Morgan fingerprint density at radius 3 is 2.08 bits per heavy atom. The zero-order valence-corrected chi connectivity index (χ0v) is 43.5. The van der Waals surface area contributed by atoms with E-state index in [1.165, 1.54) is 6.92 Å². The van der Waals surface area contributed by atoms with Crippen LogP contribution in [0.15, 0.2) is 11.6 Å². The maximum Gasteiger partial charge on any atom is 0.397 e. The van der Waals surface area contributed by atoms with Crippen LogP contribution in [-0.4, -0.2) is 223 Å². The number of allylic oxidation sites excluding steroid dienone is 2. The monoisotopic (exact) mass is 1080 g/mol. The lowest BCUT2D eigenvalue weighted by molar-refractivity contribution is -0.389. The van der Waals surface area contributed by atoms with Gasteiger partial charge in [-0.2, -0.15) is 8.42 Å². The Balaban J connectivity index is 1.07. The van der Waals surface area contributed by atoms with Gasteiger partial charge in [0.15, 0.2) is 25.2 Å². The van der Waals surface area contributed by atoms with Crippen molar-refractivity contribution in [3.05, 3.63) is 11.6 Å². The second kappa shape index (κ2) is 22.6. The van der Waals surface area contributed by atoms with Crippen LogP contribution in [0.2, 0.25) is 0 Å². The predicted molar refractivity (Wildman–Crippen MR) is 250 cm³/mol. The topological polar surface area (TPSA) is 377 Å². The van der Waals surface area contributed by atoms with Crippen LogP contribution in [0, 0.1) is 40.4 Å². The third-order valence-electron chi connectivity index (χ3n) is 17.9. The molecule has 25 heteroatoms. The van der Waals surface area contributed by atoms with Gasteiger partial charge in [-0.3, -0.25) is 9.35 Å². The zero-order chi connectivity index (χ0) is 54.1. The second-order valence-electron chi connectivity index (χ2n) is 23.4. The lowest BCUT2D eigenvalue weighted by Gasteiger charge is -2.60. The maximum absolute atomic E-state index is 13.1. The molecule has 0 aromatic carbocycles. The first-order valence-electron chi connectivity index (χ1n) is 26.1. The Hall–Kier alpha value is -1.48. The molecule has 8 aliphatic rings. The van der Waals surface area contributed by atoms with Crippen molar-refractivity contribution in [2.24, 2.45) is 40.4 Å². The molecule has 27 atom stereocenters. The summed E-state index contributed by atoms with van der Waals surface area (Å²) in [4.78, 5) is 13.1. The van der Waals surface area contributed by atoms with Crippen molar-refractivity contribution in [1.82, 2.24) is 0 Å². The van der Waals surface area contributed by atoms with E-state index in [4.69, 9.17) is 42.1 Å². The van der Waals surface area contributed by atoms with E-state index >= 15 is 0 Å². The molecule has 4 heterocycles. The van der Waals surface area contributed by atoms with Crippen molar-refractivity contribution < 1.29 is 116 Å². The number of ether oxygens (including phenoxy) is 8. The van der Waals surface area contributed by atoms with Gasteiger partial charge in [0.05, 0.1) is 43.7 Å². The first-order valence-corrected chi connectivity index (χ1v) is 27.4. The fourth-order valence-electron chi connectivity index (χ4n) is 14.1. The van der Waals surface area contributed by atoms with Crippen LogP contribution in [0.3, 0.4) is 0 Å². The highest BCUT2D eigenvalue weighted by atomic mass is 32.3. The van der Waals surface area contributed by atoms with Crippen LogP contribution >= 0.6 is 0 Å². The largest absolute Gasteiger partial charge is 0.397 e. The molecule has 24 nitrogen and oxygen atoms in total. The molecule has 3 unspecified atom stereocenters. The molecule has 4 saturated heterocycles. The molecule has 0 amide bonds. The van der Waals surface area contributed by atoms with Gasteiger partial charge in [-0.05, 0) is 99.2 Å². The summed E-state index contributed by atoms with van der Waals surface area (Å²) >= 11 is 0. The molecule has 0 radical (unpaired) electrons. The molecule has 0 aromatic heterocycles. The highest BCUT2D eigenvalue weighted by Gasteiger charge is 2.63. The first-order chi connectivity index (χ1) is 34.6. The van der Waals surface area contributed by atoms with Gasteiger partial charge in [-0.25, -0.2) is 4.18 Å². The highest BCUT2D eigenvalue weighted by molar-refractivity contribution is 7.80. The first kappa shape index (κ1) is 58.7. The van der Waals surface area contributed by atoms with Crippen LogP contribution in [-0.2, 0) is 57.3 Å². The van der Waals surface area contributed by atoms with E-state index in [9.17, 15) is 73.9 Å². The molecule has 7 fully saturated rings.